The van der Waals surface area contributed by atoms with Crippen LogP contribution >= 0.6 is 15.9 Å². The van der Waals surface area contributed by atoms with Crippen LogP contribution < -0.4 is 15.4 Å². The molecule has 2 N–H and O–H groups in total. The summed E-state index contributed by atoms with van der Waals surface area (Å²) in [7, 11) is 0. The van der Waals surface area contributed by atoms with Gasteiger partial charge in [0.05, 0.1) is 27.9 Å². The number of nitrogens with one attached hydrogen (secondary N) is 2. The Morgan fingerprint density at radius 2 is 2.00 bits per heavy atom. The van der Waals surface area contributed by atoms with Crippen LogP contribution in [0.4, 0.5) is 5.69 Å². The molecule has 0 aliphatic carbocycles. The van der Waals surface area contributed by atoms with Crippen LogP contribution in [0.25, 0.3) is 0 Å². The molecule has 0 unspecified atom stereocenters. The summed E-state index contributed by atoms with van der Waals surface area (Å²) in [6.45, 7) is 5.08. The largest absolute Gasteiger partial charge is 0.490 e. The molecule has 29 heavy (non-hydrogen) atoms. The highest BCUT2D eigenvalue weighted by Gasteiger charge is 2.19. The molecule has 1 aliphatic rings. The Morgan fingerprint density at radius 1 is 1.21 bits per heavy atom. The number of carbonyl (C=O) groups is 2. The molecule has 6 nitrogen and oxygen atoms in total. The Morgan fingerprint density at radius 3 is 2.69 bits per heavy atom. The fraction of sp³-hybridized carbons (Fsp3) is 0.364. The van der Waals surface area contributed by atoms with Crippen LogP contribution in [0, 0.1) is 0 Å². The fourth-order valence-electron chi connectivity index (χ4n) is 3.08. The normalized spacial score (nSPS) is 15.9. The Bertz CT molecular complexity index is 879. The van der Waals surface area contributed by atoms with Crippen LogP contribution in [0.2, 0.25) is 0 Å². The second-order valence-corrected chi connectivity index (χ2v) is 8.01. The predicted octanol–water partition coefficient (Wildman–Crippen LogP) is 4.40. The molecule has 3 rings (SSSR count). The van der Waals surface area contributed by atoms with Crippen molar-refractivity contribution in [3.8, 4) is 5.75 Å². The molecule has 154 valence electrons. The second kappa shape index (κ2) is 9.89. The van der Waals surface area contributed by atoms with Gasteiger partial charge in [0, 0.05) is 18.7 Å². The van der Waals surface area contributed by atoms with E-state index < -0.39 is 0 Å². The zero-order valence-corrected chi connectivity index (χ0v) is 18.1. The van der Waals surface area contributed by atoms with Crippen LogP contribution in [-0.4, -0.2) is 37.2 Å². The monoisotopic (exact) mass is 460 g/mol. The van der Waals surface area contributed by atoms with E-state index in [0.717, 1.165) is 19.4 Å². The van der Waals surface area contributed by atoms with Crippen molar-refractivity contribution in [2.75, 3.05) is 18.5 Å². The lowest BCUT2D eigenvalue weighted by molar-refractivity contribution is 0.0858. The van der Waals surface area contributed by atoms with Gasteiger partial charge in [-0.05, 0) is 73.0 Å². The zero-order chi connectivity index (χ0) is 20.8. The molecular weight excluding hydrogens is 436 g/mol. The summed E-state index contributed by atoms with van der Waals surface area (Å²) >= 11 is 3.44. The molecule has 0 aromatic heterocycles. The molecule has 1 saturated heterocycles. The lowest BCUT2D eigenvalue weighted by Gasteiger charge is -2.15. The minimum Gasteiger partial charge on any atom is -0.490 e. The van der Waals surface area contributed by atoms with Gasteiger partial charge < -0.3 is 20.1 Å². The Kier molecular flexibility index (Phi) is 7.28. The van der Waals surface area contributed by atoms with Crippen molar-refractivity contribution >= 4 is 33.4 Å². The zero-order valence-electron chi connectivity index (χ0n) is 16.5. The summed E-state index contributed by atoms with van der Waals surface area (Å²) in [6.07, 6.45) is 2.06. The van der Waals surface area contributed by atoms with E-state index in [1.807, 2.05) is 13.8 Å². The first-order chi connectivity index (χ1) is 13.9. The van der Waals surface area contributed by atoms with E-state index in [1.165, 1.54) is 0 Å². The highest BCUT2D eigenvalue weighted by atomic mass is 79.9. The molecule has 2 aromatic carbocycles. The maximum atomic E-state index is 12.7. The predicted molar refractivity (Wildman–Crippen MR) is 116 cm³/mol. The maximum Gasteiger partial charge on any atom is 0.255 e. The van der Waals surface area contributed by atoms with Gasteiger partial charge in [0.15, 0.2) is 0 Å². The van der Waals surface area contributed by atoms with Crippen molar-refractivity contribution in [3.05, 3.63) is 58.1 Å². The van der Waals surface area contributed by atoms with E-state index in [9.17, 15) is 9.59 Å². The molecule has 0 bridgehead atoms. The average molecular weight is 461 g/mol. The SMILES string of the molecule is CC(C)Oc1ccc(C(=O)Nc2ccccc2C(=O)NC[C@H]2CCCO2)cc1Br. The van der Waals surface area contributed by atoms with Crippen LogP contribution in [-0.2, 0) is 4.74 Å². The van der Waals surface area contributed by atoms with Gasteiger partial charge in [0.1, 0.15) is 5.75 Å². The highest BCUT2D eigenvalue weighted by Crippen LogP contribution is 2.27. The Hall–Kier alpha value is -2.38. The third kappa shape index (κ3) is 5.81. The molecule has 2 amide bonds. The molecule has 1 fully saturated rings. The van der Waals surface area contributed by atoms with Crippen molar-refractivity contribution in [2.45, 2.75) is 38.9 Å². The standard InChI is InChI=1S/C22H25BrN2O4/c1-14(2)29-20-10-9-15(12-18(20)23)21(26)25-19-8-4-3-7-17(19)22(27)24-13-16-6-5-11-28-16/h3-4,7-10,12,14,16H,5-6,11,13H2,1-2H3,(H,24,27)(H,25,26)/t16-/m1/s1. The number of amides is 2. The number of hydrogen-bond donors (Lipinski definition) is 2. The highest BCUT2D eigenvalue weighted by molar-refractivity contribution is 9.10. The Balaban J connectivity index is 1.69. The smallest absolute Gasteiger partial charge is 0.255 e. The summed E-state index contributed by atoms with van der Waals surface area (Å²) < 4.78 is 11.9. The number of ether oxygens (including phenoxy) is 2. The van der Waals surface area contributed by atoms with Gasteiger partial charge >= 0.3 is 0 Å². The maximum absolute atomic E-state index is 12.7. The van der Waals surface area contributed by atoms with E-state index in [4.69, 9.17) is 9.47 Å². The minimum absolute atomic E-state index is 0.0333. The molecule has 7 heteroatoms. The third-order valence-corrected chi connectivity index (χ3v) is 5.11. The van der Waals surface area contributed by atoms with Gasteiger partial charge in [0.2, 0.25) is 0 Å². The van der Waals surface area contributed by atoms with Crippen molar-refractivity contribution < 1.29 is 19.1 Å². The molecule has 0 spiro atoms. The first-order valence-electron chi connectivity index (χ1n) is 9.70. The van der Waals surface area contributed by atoms with Gasteiger partial charge in [-0.25, -0.2) is 0 Å². The number of para-hydroxylation sites is 1. The van der Waals surface area contributed by atoms with E-state index in [2.05, 4.69) is 26.6 Å². The molecule has 2 aromatic rings. The van der Waals surface area contributed by atoms with Gasteiger partial charge in [-0.3, -0.25) is 9.59 Å². The second-order valence-electron chi connectivity index (χ2n) is 7.16. The van der Waals surface area contributed by atoms with Crippen LogP contribution in [0.1, 0.15) is 47.4 Å². The quantitative estimate of drug-likeness (QED) is 0.641. The van der Waals surface area contributed by atoms with Crippen LogP contribution in [0.5, 0.6) is 5.75 Å². The lowest BCUT2D eigenvalue weighted by Crippen LogP contribution is -2.32. The summed E-state index contributed by atoms with van der Waals surface area (Å²) in [5.74, 6) is 0.130. The third-order valence-electron chi connectivity index (χ3n) is 4.49. The summed E-state index contributed by atoms with van der Waals surface area (Å²) in [6, 6.07) is 12.1. The average Bonchev–Trinajstić information content (AvgIpc) is 3.21. The molecular formula is C22H25BrN2O4. The minimum atomic E-state index is -0.304. The molecule has 1 aliphatic heterocycles. The number of halogens is 1. The number of anilines is 1. The first kappa shape index (κ1) is 21.3. The summed E-state index contributed by atoms with van der Waals surface area (Å²) in [4.78, 5) is 25.3. The molecule has 1 atom stereocenters. The van der Waals surface area contributed by atoms with Crippen molar-refractivity contribution in [3.63, 3.8) is 0 Å². The molecule has 1 heterocycles. The van der Waals surface area contributed by atoms with E-state index in [-0.39, 0.29) is 24.0 Å². The van der Waals surface area contributed by atoms with Crippen molar-refractivity contribution in [1.82, 2.24) is 5.32 Å². The number of hydrogen-bond acceptors (Lipinski definition) is 4. The lowest BCUT2D eigenvalue weighted by atomic mass is 10.1. The van der Waals surface area contributed by atoms with E-state index in [1.54, 1.807) is 42.5 Å². The van der Waals surface area contributed by atoms with Gasteiger partial charge in [-0.2, -0.15) is 0 Å². The molecule has 0 radical (unpaired) electrons. The number of rotatable bonds is 7. The first-order valence-corrected chi connectivity index (χ1v) is 10.5. The van der Waals surface area contributed by atoms with Crippen LogP contribution in [0.15, 0.2) is 46.9 Å². The number of carbonyl (C=O) groups excluding carboxylic acids is 2. The molecule has 0 saturated carbocycles. The number of benzene rings is 2. The van der Waals surface area contributed by atoms with E-state index in [0.29, 0.717) is 33.6 Å². The van der Waals surface area contributed by atoms with Gasteiger partial charge in [0.25, 0.3) is 11.8 Å². The van der Waals surface area contributed by atoms with E-state index >= 15 is 0 Å². The Labute approximate surface area is 179 Å². The van der Waals surface area contributed by atoms with Crippen molar-refractivity contribution in [2.24, 2.45) is 0 Å². The van der Waals surface area contributed by atoms with Crippen molar-refractivity contribution in [1.29, 1.82) is 0 Å². The topological polar surface area (TPSA) is 76.7 Å². The van der Waals surface area contributed by atoms with Gasteiger partial charge in [-0.1, -0.05) is 12.1 Å². The van der Waals surface area contributed by atoms with Crippen LogP contribution in [0.3, 0.4) is 0 Å². The summed E-state index contributed by atoms with van der Waals surface area (Å²) in [5.41, 5.74) is 1.33. The fourth-order valence-corrected chi connectivity index (χ4v) is 3.56. The summed E-state index contributed by atoms with van der Waals surface area (Å²) in [5, 5.41) is 5.72. The van der Waals surface area contributed by atoms with Gasteiger partial charge in [-0.15, -0.1) is 0 Å².